The minimum atomic E-state index is 0.183. The summed E-state index contributed by atoms with van der Waals surface area (Å²) >= 11 is 1.78. The minimum absolute atomic E-state index is 0.183. The van der Waals surface area contributed by atoms with Crippen LogP contribution in [0.1, 0.15) is 26.2 Å². The predicted octanol–water partition coefficient (Wildman–Crippen LogP) is 0.998. The van der Waals surface area contributed by atoms with Crippen molar-refractivity contribution in [3.63, 3.8) is 0 Å². The maximum Gasteiger partial charge on any atom is 0.230 e. The van der Waals surface area contributed by atoms with E-state index in [4.69, 9.17) is 0 Å². The van der Waals surface area contributed by atoms with Gasteiger partial charge in [-0.2, -0.15) is 0 Å². The van der Waals surface area contributed by atoms with E-state index in [-0.39, 0.29) is 5.91 Å². The molecule has 4 heteroatoms. The Bertz CT molecular complexity index is 170. The van der Waals surface area contributed by atoms with Crippen LogP contribution in [0.4, 0.5) is 0 Å². The molecule has 0 aliphatic carbocycles. The lowest BCUT2D eigenvalue weighted by Crippen LogP contribution is -2.33. The number of hydrogen-bond acceptors (Lipinski definition) is 3. The molecule has 0 aromatic carbocycles. The molecule has 1 heterocycles. The Hall–Kier alpha value is -0.220. The molecule has 1 saturated heterocycles. The van der Waals surface area contributed by atoms with Gasteiger partial charge in [0.15, 0.2) is 0 Å². The Kier molecular flexibility index (Phi) is 6.03. The van der Waals surface area contributed by atoms with Gasteiger partial charge >= 0.3 is 0 Å². The van der Waals surface area contributed by atoms with Gasteiger partial charge < -0.3 is 10.6 Å². The van der Waals surface area contributed by atoms with E-state index in [0.717, 1.165) is 26.1 Å². The first-order valence-corrected chi connectivity index (χ1v) is 6.47. The Labute approximate surface area is 90.4 Å². The van der Waals surface area contributed by atoms with E-state index in [1.54, 1.807) is 11.8 Å². The van der Waals surface area contributed by atoms with Crippen molar-refractivity contribution in [3.8, 4) is 0 Å². The molecular weight excluding hydrogens is 196 g/mol. The predicted molar refractivity (Wildman–Crippen MR) is 61.7 cm³/mol. The van der Waals surface area contributed by atoms with Gasteiger partial charge in [-0.25, -0.2) is 0 Å². The third-order valence-corrected chi connectivity index (χ3v) is 3.58. The maximum atomic E-state index is 11.3. The molecule has 0 aromatic heterocycles. The van der Waals surface area contributed by atoms with Crippen LogP contribution in [0.3, 0.4) is 0 Å². The van der Waals surface area contributed by atoms with Gasteiger partial charge in [-0.3, -0.25) is 4.79 Å². The van der Waals surface area contributed by atoms with Crippen molar-refractivity contribution in [1.29, 1.82) is 0 Å². The summed E-state index contributed by atoms with van der Waals surface area (Å²) in [6.45, 7) is 5.08. The summed E-state index contributed by atoms with van der Waals surface area (Å²) in [5, 5.41) is 6.88. The van der Waals surface area contributed by atoms with Gasteiger partial charge in [0.2, 0.25) is 5.91 Å². The number of rotatable bonds is 5. The zero-order chi connectivity index (χ0) is 10.2. The Morgan fingerprint density at radius 2 is 2.50 bits per heavy atom. The molecule has 0 aromatic rings. The first-order chi connectivity index (χ1) is 6.83. The van der Waals surface area contributed by atoms with Crippen molar-refractivity contribution < 1.29 is 4.79 Å². The quantitative estimate of drug-likeness (QED) is 0.720. The maximum absolute atomic E-state index is 11.3. The molecule has 82 valence electrons. The van der Waals surface area contributed by atoms with Crippen molar-refractivity contribution in [1.82, 2.24) is 10.6 Å². The van der Waals surface area contributed by atoms with Gasteiger partial charge in [0.25, 0.3) is 0 Å². The van der Waals surface area contributed by atoms with Crippen LogP contribution in [-0.4, -0.2) is 36.5 Å². The summed E-state index contributed by atoms with van der Waals surface area (Å²) in [5.74, 6) is 0.800. The van der Waals surface area contributed by atoms with Crippen LogP contribution >= 0.6 is 11.8 Å². The minimum Gasteiger partial charge on any atom is -0.355 e. The Balaban J connectivity index is 2.03. The third-order valence-electron chi connectivity index (χ3n) is 2.27. The van der Waals surface area contributed by atoms with Crippen LogP contribution in [-0.2, 0) is 4.79 Å². The molecule has 2 N–H and O–H groups in total. The normalized spacial score (nSPS) is 21.9. The van der Waals surface area contributed by atoms with E-state index in [9.17, 15) is 4.79 Å². The van der Waals surface area contributed by atoms with Crippen molar-refractivity contribution in [2.45, 2.75) is 31.4 Å². The number of thioether (sulfide) groups is 1. The molecular formula is C10H20N2OS. The number of carbonyl (C=O) groups excluding carboxylic acids is 1. The number of hydrogen-bond donors (Lipinski definition) is 2. The highest BCUT2D eigenvalue weighted by molar-refractivity contribution is 8.00. The summed E-state index contributed by atoms with van der Waals surface area (Å²) in [5.41, 5.74) is 0. The largest absolute Gasteiger partial charge is 0.355 e. The molecule has 1 aliphatic heterocycles. The van der Waals surface area contributed by atoms with Gasteiger partial charge in [-0.05, 0) is 25.8 Å². The van der Waals surface area contributed by atoms with Crippen LogP contribution in [0, 0.1) is 0 Å². The van der Waals surface area contributed by atoms with E-state index < -0.39 is 0 Å². The molecule has 14 heavy (non-hydrogen) atoms. The molecule has 0 bridgehead atoms. The van der Waals surface area contributed by atoms with Crippen molar-refractivity contribution in [2.75, 3.05) is 25.4 Å². The first-order valence-electron chi connectivity index (χ1n) is 5.42. The van der Waals surface area contributed by atoms with Gasteiger partial charge in [0.05, 0.1) is 5.75 Å². The van der Waals surface area contributed by atoms with Gasteiger partial charge in [0.1, 0.15) is 0 Å². The highest BCUT2D eigenvalue weighted by Gasteiger charge is 2.14. The molecule has 1 atom stereocenters. The van der Waals surface area contributed by atoms with Crippen LogP contribution in [0.25, 0.3) is 0 Å². The molecule has 0 spiro atoms. The SMILES string of the molecule is CCCNC(=O)CSC1CCCNC1. The molecule has 1 unspecified atom stereocenters. The Morgan fingerprint density at radius 3 is 3.14 bits per heavy atom. The molecule has 0 radical (unpaired) electrons. The van der Waals surface area contributed by atoms with Gasteiger partial charge in [-0.15, -0.1) is 11.8 Å². The fourth-order valence-electron chi connectivity index (χ4n) is 1.47. The van der Waals surface area contributed by atoms with Crippen molar-refractivity contribution >= 4 is 17.7 Å². The lowest BCUT2D eigenvalue weighted by molar-refractivity contribution is -0.118. The van der Waals surface area contributed by atoms with Crippen molar-refractivity contribution in [3.05, 3.63) is 0 Å². The third kappa shape index (κ3) is 4.86. The Morgan fingerprint density at radius 1 is 1.64 bits per heavy atom. The summed E-state index contributed by atoms with van der Waals surface area (Å²) < 4.78 is 0. The van der Waals surface area contributed by atoms with Crippen LogP contribution in [0.15, 0.2) is 0 Å². The molecule has 1 fully saturated rings. The molecule has 0 saturated carbocycles. The average Bonchev–Trinajstić information content (AvgIpc) is 2.25. The molecule has 3 nitrogen and oxygen atoms in total. The van der Waals surface area contributed by atoms with E-state index in [1.165, 1.54) is 12.8 Å². The molecule has 1 aliphatic rings. The van der Waals surface area contributed by atoms with E-state index >= 15 is 0 Å². The van der Waals surface area contributed by atoms with E-state index in [1.807, 2.05) is 0 Å². The summed E-state index contributed by atoms with van der Waals surface area (Å²) in [4.78, 5) is 11.3. The molecule has 1 amide bonds. The summed E-state index contributed by atoms with van der Waals surface area (Å²) in [6, 6.07) is 0. The highest BCUT2D eigenvalue weighted by atomic mass is 32.2. The monoisotopic (exact) mass is 216 g/mol. The second-order valence-corrected chi connectivity index (χ2v) is 4.92. The van der Waals surface area contributed by atoms with Crippen molar-refractivity contribution in [2.24, 2.45) is 0 Å². The number of piperidine rings is 1. The summed E-state index contributed by atoms with van der Waals surface area (Å²) in [6.07, 6.45) is 3.51. The van der Waals surface area contributed by atoms with Gasteiger partial charge in [0, 0.05) is 18.3 Å². The highest BCUT2D eigenvalue weighted by Crippen LogP contribution is 2.17. The fourth-order valence-corrected chi connectivity index (χ4v) is 2.53. The van der Waals surface area contributed by atoms with Crippen LogP contribution in [0.5, 0.6) is 0 Å². The second kappa shape index (κ2) is 7.12. The average molecular weight is 216 g/mol. The zero-order valence-electron chi connectivity index (χ0n) is 8.84. The number of amides is 1. The lowest BCUT2D eigenvalue weighted by Gasteiger charge is -2.21. The summed E-state index contributed by atoms with van der Waals surface area (Å²) in [7, 11) is 0. The van der Waals surface area contributed by atoms with Gasteiger partial charge in [-0.1, -0.05) is 6.92 Å². The lowest BCUT2D eigenvalue weighted by atomic mass is 10.2. The smallest absolute Gasteiger partial charge is 0.230 e. The standard InChI is InChI=1S/C10H20N2OS/c1-2-5-12-10(13)8-14-9-4-3-6-11-7-9/h9,11H,2-8H2,1H3,(H,12,13). The number of carbonyl (C=O) groups is 1. The first kappa shape index (κ1) is 11.9. The van der Waals surface area contributed by atoms with E-state index in [2.05, 4.69) is 17.6 Å². The zero-order valence-corrected chi connectivity index (χ0v) is 9.66. The van der Waals surface area contributed by atoms with Crippen LogP contribution in [0.2, 0.25) is 0 Å². The van der Waals surface area contributed by atoms with E-state index in [0.29, 0.717) is 11.0 Å². The topological polar surface area (TPSA) is 41.1 Å². The second-order valence-electron chi connectivity index (χ2n) is 3.63. The van der Waals surface area contributed by atoms with Crippen LogP contribution < -0.4 is 10.6 Å². The number of nitrogens with one attached hydrogen (secondary N) is 2. The fraction of sp³-hybridized carbons (Fsp3) is 0.900. The molecule has 1 rings (SSSR count).